The summed E-state index contributed by atoms with van der Waals surface area (Å²) in [5.74, 6) is 1.05. The molecular weight excluding hydrogens is 308 g/mol. The third-order valence-corrected chi connectivity index (χ3v) is 4.08. The number of carbonyl (C=O) groups excluding carboxylic acids is 2. The standard InChI is InChI=1S/C17H20N4O3/c1-13-11-15(19-24-13)18-16(22)12-20-7-9-21(10-8-20)17(23)14-5-3-2-4-6-14/h2-6,11H,7-10,12H2,1H3,(H,18,19,22)/p+1. The Kier molecular flexibility index (Phi) is 4.90. The van der Waals surface area contributed by atoms with Gasteiger partial charge in [-0.1, -0.05) is 23.4 Å². The Bertz CT molecular complexity index is 706. The van der Waals surface area contributed by atoms with Gasteiger partial charge in [-0.15, -0.1) is 0 Å². The van der Waals surface area contributed by atoms with E-state index in [0.717, 1.165) is 18.0 Å². The lowest BCUT2D eigenvalue weighted by Crippen LogP contribution is -3.15. The zero-order valence-electron chi connectivity index (χ0n) is 13.6. The molecule has 2 amide bonds. The molecule has 2 aromatic rings. The van der Waals surface area contributed by atoms with Crippen molar-refractivity contribution in [3.05, 3.63) is 47.7 Å². The van der Waals surface area contributed by atoms with Crippen LogP contribution in [0.3, 0.4) is 0 Å². The first-order valence-corrected chi connectivity index (χ1v) is 8.03. The molecule has 126 valence electrons. The van der Waals surface area contributed by atoms with Crippen LogP contribution in [0.2, 0.25) is 0 Å². The highest BCUT2D eigenvalue weighted by molar-refractivity contribution is 5.94. The second-order valence-corrected chi connectivity index (χ2v) is 5.96. The number of aromatic nitrogens is 1. The van der Waals surface area contributed by atoms with Crippen LogP contribution in [0.15, 0.2) is 40.9 Å². The summed E-state index contributed by atoms with van der Waals surface area (Å²) in [6.07, 6.45) is 0. The van der Waals surface area contributed by atoms with Gasteiger partial charge in [-0.3, -0.25) is 9.59 Å². The average molecular weight is 329 g/mol. The topological polar surface area (TPSA) is 79.9 Å². The highest BCUT2D eigenvalue weighted by Crippen LogP contribution is 2.06. The van der Waals surface area contributed by atoms with E-state index in [9.17, 15) is 9.59 Å². The Morgan fingerprint density at radius 3 is 2.58 bits per heavy atom. The number of piperazine rings is 1. The number of nitrogens with one attached hydrogen (secondary N) is 2. The number of aryl methyl sites for hydroxylation is 1. The molecule has 7 heteroatoms. The Labute approximate surface area is 140 Å². The summed E-state index contributed by atoms with van der Waals surface area (Å²) in [6.45, 7) is 4.95. The van der Waals surface area contributed by atoms with Crippen molar-refractivity contribution in [1.29, 1.82) is 0 Å². The lowest BCUT2D eigenvalue weighted by atomic mass is 10.2. The van der Waals surface area contributed by atoms with E-state index in [4.69, 9.17) is 4.52 Å². The van der Waals surface area contributed by atoms with Crippen LogP contribution in [-0.4, -0.2) is 54.6 Å². The number of carbonyl (C=O) groups is 2. The van der Waals surface area contributed by atoms with Crippen LogP contribution in [0.1, 0.15) is 16.1 Å². The smallest absolute Gasteiger partial charge is 0.280 e. The van der Waals surface area contributed by atoms with E-state index in [1.54, 1.807) is 13.0 Å². The fourth-order valence-corrected chi connectivity index (χ4v) is 2.81. The fourth-order valence-electron chi connectivity index (χ4n) is 2.81. The van der Waals surface area contributed by atoms with E-state index >= 15 is 0 Å². The molecule has 1 aliphatic heterocycles. The van der Waals surface area contributed by atoms with Crippen molar-refractivity contribution in [2.45, 2.75) is 6.92 Å². The Hall–Kier alpha value is -2.67. The maximum absolute atomic E-state index is 12.4. The van der Waals surface area contributed by atoms with Crippen LogP contribution in [0, 0.1) is 6.92 Å². The summed E-state index contributed by atoms with van der Waals surface area (Å²) in [6, 6.07) is 11.0. The molecule has 0 saturated carbocycles. The van der Waals surface area contributed by atoms with Gasteiger partial charge in [0.05, 0.1) is 26.2 Å². The Morgan fingerprint density at radius 1 is 1.25 bits per heavy atom. The molecule has 0 atom stereocenters. The van der Waals surface area contributed by atoms with Crippen LogP contribution in [0.25, 0.3) is 0 Å². The van der Waals surface area contributed by atoms with Crippen molar-refractivity contribution < 1.29 is 19.0 Å². The molecule has 3 rings (SSSR count). The third-order valence-electron chi connectivity index (χ3n) is 4.08. The number of amides is 2. The van der Waals surface area contributed by atoms with Crippen LogP contribution in [0.5, 0.6) is 0 Å². The van der Waals surface area contributed by atoms with Gasteiger partial charge in [-0.25, -0.2) is 0 Å². The lowest BCUT2D eigenvalue weighted by molar-refractivity contribution is -0.895. The molecular formula is C17H21N4O3+. The van der Waals surface area contributed by atoms with Crippen LogP contribution >= 0.6 is 0 Å². The molecule has 0 spiro atoms. The number of hydrogen-bond acceptors (Lipinski definition) is 4. The van der Waals surface area contributed by atoms with Gasteiger partial charge >= 0.3 is 0 Å². The summed E-state index contributed by atoms with van der Waals surface area (Å²) in [5, 5.41) is 6.47. The minimum atomic E-state index is -0.0962. The second kappa shape index (κ2) is 7.27. The van der Waals surface area contributed by atoms with Crippen LogP contribution in [-0.2, 0) is 4.79 Å². The van der Waals surface area contributed by atoms with E-state index < -0.39 is 0 Å². The maximum Gasteiger partial charge on any atom is 0.280 e. The van der Waals surface area contributed by atoms with Gasteiger partial charge in [0.25, 0.3) is 11.8 Å². The molecule has 2 N–H and O–H groups in total. The Balaban J connectivity index is 1.46. The highest BCUT2D eigenvalue weighted by Gasteiger charge is 2.26. The summed E-state index contributed by atoms with van der Waals surface area (Å²) in [4.78, 5) is 27.4. The van der Waals surface area contributed by atoms with E-state index in [2.05, 4.69) is 10.5 Å². The lowest BCUT2D eigenvalue weighted by Gasteiger charge is -2.31. The molecule has 1 aromatic heterocycles. The van der Waals surface area contributed by atoms with Gasteiger partial charge in [0, 0.05) is 11.6 Å². The molecule has 1 aromatic carbocycles. The molecule has 7 nitrogen and oxygen atoms in total. The number of hydrogen-bond donors (Lipinski definition) is 2. The number of quaternary nitrogens is 1. The molecule has 24 heavy (non-hydrogen) atoms. The van der Waals surface area contributed by atoms with Gasteiger partial charge in [-0.05, 0) is 19.1 Å². The number of nitrogens with zero attached hydrogens (tertiary/aromatic N) is 2. The molecule has 1 saturated heterocycles. The SMILES string of the molecule is Cc1cc(NC(=O)C[NH+]2CCN(C(=O)c3ccccc3)CC2)no1. The summed E-state index contributed by atoms with van der Waals surface area (Å²) in [5.41, 5.74) is 0.708. The summed E-state index contributed by atoms with van der Waals surface area (Å²) >= 11 is 0. The van der Waals surface area contributed by atoms with Crippen LogP contribution < -0.4 is 10.2 Å². The average Bonchev–Trinajstić information content (AvgIpc) is 3.00. The predicted molar refractivity (Wildman–Crippen MR) is 87.8 cm³/mol. The van der Waals surface area contributed by atoms with E-state index in [0.29, 0.717) is 36.8 Å². The first-order valence-electron chi connectivity index (χ1n) is 8.03. The maximum atomic E-state index is 12.4. The number of anilines is 1. The predicted octanol–water partition coefficient (Wildman–Crippen LogP) is -0.0376. The van der Waals surface area contributed by atoms with Crippen molar-refractivity contribution in [2.24, 2.45) is 0 Å². The van der Waals surface area contributed by atoms with Gasteiger partial charge in [0.1, 0.15) is 5.76 Å². The minimum Gasteiger partial charge on any atom is -0.360 e. The van der Waals surface area contributed by atoms with Gasteiger partial charge < -0.3 is 19.6 Å². The molecule has 0 radical (unpaired) electrons. The van der Waals surface area contributed by atoms with Crippen molar-refractivity contribution in [3.8, 4) is 0 Å². The zero-order chi connectivity index (χ0) is 16.9. The first kappa shape index (κ1) is 16.2. The quantitative estimate of drug-likeness (QED) is 0.825. The van der Waals surface area contributed by atoms with Crippen molar-refractivity contribution in [1.82, 2.24) is 10.1 Å². The summed E-state index contributed by atoms with van der Waals surface area (Å²) in [7, 11) is 0. The first-order chi connectivity index (χ1) is 11.6. The van der Waals surface area contributed by atoms with Crippen molar-refractivity contribution in [2.75, 3.05) is 38.0 Å². The minimum absolute atomic E-state index is 0.0529. The third kappa shape index (κ3) is 3.99. The van der Waals surface area contributed by atoms with Crippen molar-refractivity contribution >= 4 is 17.6 Å². The highest BCUT2D eigenvalue weighted by atomic mass is 16.5. The molecule has 2 heterocycles. The number of rotatable bonds is 4. The monoisotopic (exact) mass is 329 g/mol. The normalized spacial score (nSPS) is 15.3. The van der Waals surface area contributed by atoms with Gasteiger partial charge in [0.2, 0.25) is 0 Å². The van der Waals surface area contributed by atoms with E-state index in [1.165, 1.54) is 0 Å². The van der Waals surface area contributed by atoms with E-state index in [1.807, 2.05) is 35.2 Å². The summed E-state index contributed by atoms with van der Waals surface area (Å²) < 4.78 is 4.92. The second-order valence-electron chi connectivity index (χ2n) is 5.96. The molecule has 1 aliphatic rings. The van der Waals surface area contributed by atoms with Gasteiger partial charge in [0.15, 0.2) is 12.4 Å². The molecule has 1 fully saturated rings. The molecule has 0 aliphatic carbocycles. The van der Waals surface area contributed by atoms with Crippen molar-refractivity contribution in [3.63, 3.8) is 0 Å². The largest absolute Gasteiger partial charge is 0.360 e. The fraction of sp³-hybridized carbons (Fsp3) is 0.353. The molecule has 0 bridgehead atoms. The number of benzene rings is 1. The zero-order valence-corrected chi connectivity index (χ0v) is 13.6. The Morgan fingerprint density at radius 2 is 1.96 bits per heavy atom. The van der Waals surface area contributed by atoms with E-state index in [-0.39, 0.29) is 11.8 Å². The molecule has 0 unspecified atom stereocenters. The van der Waals surface area contributed by atoms with Crippen LogP contribution in [0.4, 0.5) is 5.82 Å². The van der Waals surface area contributed by atoms with Gasteiger partial charge in [-0.2, -0.15) is 0 Å².